The number of carboxylic acid groups (broad SMARTS) is 1. The Morgan fingerprint density at radius 1 is 1.37 bits per heavy atom. The van der Waals surface area contributed by atoms with Crippen LogP contribution in [0.4, 0.5) is 0 Å². The zero-order chi connectivity index (χ0) is 13.7. The Labute approximate surface area is 120 Å². The molecule has 0 spiro atoms. The topological polar surface area (TPSA) is 62.2 Å². The molecule has 0 aliphatic heterocycles. The number of carboxylic acids is 1. The largest absolute Gasteiger partial charge is 0.477 e. The van der Waals surface area contributed by atoms with Gasteiger partial charge in [-0.25, -0.2) is 9.78 Å². The zero-order valence-corrected chi connectivity index (χ0v) is 11.7. The van der Waals surface area contributed by atoms with Crippen molar-refractivity contribution in [3.05, 3.63) is 50.9 Å². The molecule has 2 aromatic heterocycles. The molecule has 100 valence electrons. The number of thiophene rings is 1. The Morgan fingerprint density at radius 3 is 2.89 bits per heavy atom. The van der Waals surface area contributed by atoms with Crippen molar-refractivity contribution < 1.29 is 9.90 Å². The van der Waals surface area contributed by atoms with E-state index in [0.717, 1.165) is 23.0 Å². The van der Waals surface area contributed by atoms with Crippen molar-refractivity contribution in [3.8, 4) is 0 Å². The van der Waals surface area contributed by atoms with E-state index in [0.29, 0.717) is 6.54 Å². The van der Waals surface area contributed by atoms with Crippen LogP contribution in [0.2, 0.25) is 4.34 Å². The summed E-state index contributed by atoms with van der Waals surface area (Å²) in [6, 6.07) is 8.89. The molecule has 0 atom stereocenters. The Hall–Kier alpha value is -1.43. The fourth-order valence-corrected chi connectivity index (χ4v) is 2.70. The monoisotopic (exact) mass is 296 g/mol. The normalized spacial score (nSPS) is 10.6. The van der Waals surface area contributed by atoms with Gasteiger partial charge in [-0.3, -0.25) is 0 Å². The minimum absolute atomic E-state index is 0.0735. The summed E-state index contributed by atoms with van der Waals surface area (Å²) in [5.74, 6) is -1.00. The number of pyridine rings is 1. The number of halogens is 1. The molecular weight excluding hydrogens is 284 g/mol. The lowest BCUT2D eigenvalue weighted by Gasteiger charge is -2.04. The summed E-state index contributed by atoms with van der Waals surface area (Å²) in [6.45, 7) is 1.36. The summed E-state index contributed by atoms with van der Waals surface area (Å²) in [5.41, 5.74) is 0.799. The molecule has 0 aromatic carbocycles. The lowest BCUT2D eigenvalue weighted by Crippen LogP contribution is -2.17. The summed E-state index contributed by atoms with van der Waals surface area (Å²) >= 11 is 7.42. The van der Waals surface area contributed by atoms with E-state index in [-0.39, 0.29) is 5.69 Å². The molecule has 0 aliphatic carbocycles. The van der Waals surface area contributed by atoms with Crippen LogP contribution in [-0.4, -0.2) is 22.6 Å². The number of hydrogen-bond donors (Lipinski definition) is 2. The summed E-state index contributed by atoms with van der Waals surface area (Å²) in [7, 11) is 0. The molecule has 2 heterocycles. The van der Waals surface area contributed by atoms with Gasteiger partial charge in [-0.05, 0) is 30.7 Å². The molecule has 2 N–H and O–H groups in total. The van der Waals surface area contributed by atoms with Gasteiger partial charge >= 0.3 is 5.97 Å². The minimum Gasteiger partial charge on any atom is -0.477 e. The van der Waals surface area contributed by atoms with Gasteiger partial charge in [0.1, 0.15) is 5.69 Å². The maximum atomic E-state index is 10.8. The number of nitrogens with one attached hydrogen (secondary N) is 1. The molecule has 0 bridgehead atoms. The second-order valence-corrected chi connectivity index (χ2v) is 5.75. The first-order chi connectivity index (χ1) is 9.15. The predicted molar refractivity (Wildman–Crippen MR) is 75.9 cm³/mol. The van der Waals surface area contributed by atoms with E-state index < -0.39 is 5.97 Å². The minimum atomic E-state index is -1.00. The van der Waals surface area contributed by atoms with Crippen LogP contribution in [0.3, 0.4) is 0 Å². The van der Waals surface area contributed by atoms with E-state index in [1.165, 1.54) is 10.9 Å². The molecule has 2 aromatic rings. The maximum Gasteiger partial charge on any atom is 0.354 e. The van der Waals surface area contributed by atoms with E-state index in [1.807, 2.05) is 12.1 Å². The molecule has 0 aliphatic rings. The standard InChI is InChI=1S/C13H13ClN2O2S/c14-12-5-4-10(19-12)6-7-15-8-9-2-1-3-11(16-9)13(17)18/h1-5,15H,6-8H2,(H,17,18). The van der Waals surface area contributed by atoms with E-state index in [9.17, 15) is 4.79 Å². The smallest absolute Gasteiger partial charge is 0.354 e. The second kappa shape index (κ2) is 6.65. The third kappa shape index (κ3) is 4.31. The first-order valence-corrected chi connectivity index (χ1v) is 6.99. The fraction of sp³-hybridized carbons (Fsp3) is 0.231. The van der Waals surface area contributed by atoms with Crippen molar-refractivity contribution >= 4 is 28.9 Å². The van der Waals surface area contributed by atoms with Crippen molar-refractivity contribution in [2.45, 2.75) is 13.0 Å². The van der Waals surface area contributed by atoms with Gasteiger partial charge in [0.05, 0.1) is 10.0 Å². The molecular formula is C13H13ClN2O2S. The lowest BCUT2D eigenvalue weighted by atomic mass is 10.3. The van der Waals surface area contributed by atoms with E-state index in [2.05, 4.69) is 10.3 Å². The third-order valence-electron chi connectivity index (χ3n) is 2.51. The lowest BCUT2D eigenvalue weighted by molar-refractivity contribution is 0.0690. The third-order valence-corrected chi connectivity index (χ3v) is 3.80. The summed E-state index contributed by atoms with van der Waals surface area (Å²) in [5, 5.41) is 12.1. The van der Waals surface area contributed by atoms with Gasteiger partial charge in [-0.2, -0.15) is 0 Å². The number of hydrogen-bond acceptors (Lipinski definition) is 4. The first kappa shape index (κ1) is 14.0. The summed E-state index contributed by atoms with van der Waals surface area (Å²) in [4.78, 5) is 16.0. The second-order valence-electron chi connectivity index (χ2n) is 3.95. The van der Waals surface area contributed by atoms with Gasteiger partial charge in [0.25, 0.3) is 0 Å². The maximum absolute atomic E-state index is 10.8. The molecule has 2 rings (SSSR count). The van der Waals surface area contributed by atoms with Gasteiger partial charge in [0.15, 0.2) is 0 Å². The van der Waals surface area contributed by atoms with Crippen LogP contribution in [-0.2, 0) is 13.0 Å². The van der Waals surface area contributed by atoms with Crippen LogP contribution < -0.4 is 5.32 Å². The Bertz CT molecular complexity index is 571. The highest BCUT2D eigenvalue weighted by molar-refractivity contribution is 7.16. The first-order valence-electron chi connectivity index (χ1n) is 5.79. The van der Waals surface area contributed by atoms with E-state index in [1.54, 1.807) is 23.5 Å². The highest BCUT2D eigenvalue weighted by Crippen LogP contribution is 2.21. The van der Waals surface area contributed by atoms with Crippen LogP contribution in [0.5, 0.6) is 0 Å². The molecule has 0 unspecified atom stereocenters. The molecule has 0 radical (unpaired) electrons. The molecule has 0 saturated carbocycles. The van der Waals surface area contributed by atoms with Crippen LogP contribution in [0.15, 0.2) is 30.3 Å². The van der Waals surface area contributed by atoms with Crippen LogP contribution in [0.25, 0.3) is 0 Å². The van der Waals surface area contributed by atoms with Gasteiger partial charge in [-0.1, -0.05) is 17.7 Å². The average Bonchev–Trinajstić information content (AvgIpc) is 2.81. The zero-order valence-electron chi connectivity index (χ0n) is 10.1. The fourth-order valence-electron chi connectivity index (χ4n) is 1.61. The van der Waals surface area contributed by atoms with Gasteiger partial charge < -0.3 is 10.4 Å². The van der Waals surface area contributed by atoms with E-state index in [4.69, 9.17) is 16.7 Å². The molecule has 0 saturated heterocycles. The molecule has 19 heavy (non-hydrogen) atoms. The van der Waals surface area contributed by atoms with Gasteiger partial charge in [0.2, 0.25) is 0 Å². The van der Waals surface area contributed by atoms with E-state index >= 15 is 0 Å². The number of nitrogens with zero attached hydrogens (tertiary/aromatic N) is 1. The number of carbonyl (C=O) groups is 1. The number of aromatic carboxylic acids is 1. The quantitative estimate of drug-likeness (QED) is 0.805. The highest BCUT2D eigenvalue weighted by atomic mass is 35.5. The summed E-state index contributed by atoms with van der Waals surface area (Å²) < 4.78 is 0.797. The Morgan fingerprint density at radius 2 is 2.21 bits per heavy atom. The van der Waals surface area contributed by atoms with Crippen molar-refractivity contribution in [3.63, 3.8) is 0 Å². The summed E-state index contributed by atoms with van der Waals surface area (Å²) in [6.07, 6.45) is 0.899. The number of aromatic nitrogens is 1. The molecule has 0 amide bonds. The number of rotatable bonds is 6. The van der Waals surface area contributed by atoms with Crippen molar-refractivity contribution in [1.82, 2.24) is 10.3 Å². The van der Waals surface area contributed by atoms with Crippen molar-refractivity contribution in [2.24, 2.45) is 0 Å². The Balaban J connectivity index is 1.79. The van der Waals surface area contributed by atoms with Crippen LogP contribution in [0, 0.1) is 0 Å². The SMILES string of the molecule is O=C(O)c1cccc(CNCCc2ccc(Cl)s2)n1. The molecule has 4 nitrogen and oxygen atoms in total. The highest BCUT2D eigenvalue weighted by Gasteiger charge is 2.04. The average molecular weight is 297 g/mol. The van der Waals surface area contributed by atoms with Crippen molar-refractivity contribution in [1.29, 1.82) is 0 Å². The van der Waals surface area contributed by atoms with Crippen LogP contribution >= 0.6 is 22.9 Å². The molecule has 6 heteroatoms. The van der Waals surface area contributed by atoms with Crippen molar-refractivity contribution in [2.75, 3.05) is 6.54 Å². The molecule has 0 fully saturated rings. The van der Waals surface area contributed by atoms with Gasteiger partial charge in [-0.15, -0.1) is 11.3 Å². The predicted octanol–water partition coefficient (Wildman–Crippen LogP) is 2.83. The van der Waals surface area contributed by atoms with Crippen LogP contribution in [0.1, 0.15) is 21.1 Å². The van der Waals surface area contributed by atoms with Gasteiger partial charge in [0, 0.05) is 18.0 Å². The Kier molecular flexibility index (Phi) is 4.90.